The summed E-state index contributed by atoms with van der Waals surface area (Å²) < 4.78 is 13.1. The molecule has 0 aliphatic rings. The van der Waals surface area contributed by atoms with Crippen molar-refractivity contribution >= 4 is 11.6 Å². The van der Waals surface area contributed by atoms with Crippen LogP contribution >= 0.6 is 0 Å². The van der Waals surface area contributed by atoms with Crippen molar-refractivity contribution in [2.24, 2.45) is 5.73 Å². The van der Waals surface area contributed by atoms with E-state index in [2.05, 4.69) is 5.32 Å². The minimum Gasteiger partial charge on any atom is -0.362 e. The Morgan fingerprint density at radius 1 is 1.53 bits per heavy atom. The van der Waals surface area contributed by atoms with E-state index in [-0.39, 0.29) is 24.8 Å². The molecule has 0 aliphatic carbocycles. The van der Waals surface area contributed by atoms with Crippen molar-refractivity contribution in [2.45, 2.75) is 13.5 Å². The van der Waals surface area contributed by atoms with Gasteiger partial charge in [0.15, 0.2) is 0 Å². The Morgan fingerprint density at radius 3 is 2.76 bits per heavy atom. The molecule has 0 bridgehead atoms. The van der Waals surface area contributed by atoms with Crippen molar-refractivity contribution in [3.05, 3.63) is 29.6 Å². The standard InChI is InChI=1S/C12H18FN3O/c1-3-16(8-12(17)15-2)11-5-4-10(13)6-9(11)7-14/h4-6H,3,7-8,14H2,1-2H3,(H,15,17). The van der Waals surface area contributed by atoms with Gasteiger partial charge in [-0.3, -0.25) is 4.79 Å². The maximum atomic E-state index is 13.1. The Morgan fingerprint density at radius 2 is 2.24 bits per heavy atom. The number of carbonyl (C=O) groups excluding carboxylic acids is 1. The molecule has 1 aromatic rings. The summed E-state index contributed by atoms with van der Waals surface area (Å²) in [5.74, 6) is -0.399. The highest BCUT2D eigenvalue weighted by Gasteiger charge is 2.12. The summed E-state index contributed by atoms with van der Waals surface area (Å²) >= 11 is 0. The van der Waals surface area contributed by atoms with Crippen molar-refractivity contribution in [2.75, 3.05) is 25.0 Å². The number of hydrogen-bond donors (Lipinski definition) is 2. The average molecular weight is 239 g/mol. The number of anilines is 1. The first-order chi connectivity index (χ1) is 8.12. The molecule has 0 saturated carbocycles. The molecule has 0 spiro atoms. The zero-order chi connectivity index (χ0) is 12.8. The molecule has 1 amide bonds. The number of halogens is 1. The van der Waals surface area contributed by atoms with Gasteiger partial charge >= 0.3 is 0 Å². The fourth-order valence-corrected chi connectivity index (χ4v) is 1.65. The van der Waals surface area contributed by atoms with Gasteiger partial charge in [0.1, 0.15) is 5.82 Å². The average Bonchev–Trinajstić information content (AvgIpc) is 2.35. The van der Waals surface area contributed by atoms with E-state index in [4.69, 9.17) is 5.73 Å². The minimum atomic E-state index is -0.315. The van der Waals surface area contributed by atoms with Crippen molar-refractivity contribution in [3.63, 3.8) is 0 Å². The molecule has 5 heteroatoms. The summed E-state index contributed by atoms with van der Waals surface area (Å²) in [7, 11) is 1.59. The molecule has 0 atom stereocenters. The molecule has 3 N–H and O–H groups in total. The molecule has 0 aliphatic heterocycles. The van der Waals surface area contributed by atoms with E-state index in [0.29, 0.717) is 12.1 Å². The van der Waals surface area contributed by atoms with Gasteiger partial charge in [0.05, 0.1) is 6.54 Å². The highest BCUT2D eigenvalue weighted by atomic mass is 19.1. The van der Waals surface area contributed by atoms with E-state index in [1.54, 1.807) is 13.1 Å². The predicted molar refractivity (Wildman–Crippen MR) is 66.2 cm³/mol. The third kappa shape index (κ3) is 3.42. The van der Waals surface area contributed by atoms with Crippen molar-refractivity contribution < 1.29 is 9.18 Å². The normalized spacial score (nSPS) is 10.1. The van der Waals surface area contributed by atoms with E-state index in [1.165, 1.54) is 12.1 Å². The zero-order valence-electron chi connectivity index (χ0n) is 10.2. The summed E-state index contributed by atoms with van der Waals surface area (Å²) in [6.45, 7) is 3.08. The van der Waals surface area contributed by atoms with Crippen LogP contribution < -0.4 is 16.0 Å². The number of benzene rings is 1. The molecule has 0 unspecified atom stereocenters. The lowest BCUT2D eigenvalue weighted by atomic mass is 10.1. The fourth-order valence-electron chi connectivity index (χ4n) is 1.65. The lowest BCUT2D eigenvalue weighted by Gasteiger charge is -2.24. The number of rotatable bonds is 5. The van der Waals surface area contributed by atoms with Gasteiger partial charge in [0.25, 0.3) is 0 Å². The number of carbonyl (C=O) groups is 1. The summed E-state index contributed by atoms with van der Waals surface area (Å²) in [4.78, 5) is 13.2. The first-order valence-corrected chi connectivity index (χ1v) is 5.56. The van der Waals surface area contributed by atoms with Gasteiger partial charge < -0.3 is 16.0 Å². The van der Waals surface area contributed by atoms with Crippen LogP contribution in [-0.2, 0) is 11.3 Å². The first-order valence-electron chi connectivity index (χ1n) is 5.56. The van der Waals surface area contributed by atoms with E-state index in [0.717, 1.165) is 5.69 Å². The lowest BCUT2D eigenvalue weighted by Crippen LogP contribution is -2.36. The van der Waals surface area contributed by atoms with Gasteiger partial charge in [-0.05, 0) is 30.7 Å². The van der Waals surface area contributed by atoms with Crippen LogP contribution in [0.1, 0.15) is 12.5 Å². The monoisotopic (exact) mass is 239 g/mol. The highest BCUT2D eigenvalue weighted by Crippen LogP contribution is 2.21. The molecule has 0 aromatic heterocycles. The third-order valence-electron chi connectivity index (χ3n) is 2.60. The number of amides is 1. The first kappa shape index (κ1) is 13.4. The predicted octanol–water partition coefficient (Wildman–Crippen LogP) is 0.857. The topological polar surface area (TPSA) is 58.4 Å². The Balaban J connectivity index is 2.98. The summed E-state index contributed by atoms with van der Waals surface area (Å²) in [5.41, 5.74) is 7.09. The van der Waals surface area contributed by atoms with Crippen LogP contribution in [0.3, 0.4) is 0 Å². The second-order valence-electron chi connectivity index (χ2n) is 3.66. The van der Waals surface area contributed by atoms with Crippen LogP contribution in [0.25, 0.3) is 0 Å². The van der Waals surface area contributed by atoms with Crippen LogP contribution in [0.2, 0.25) is 0 Å². The molecule has 0 radical (unpaired) electrons. The number of nitrogens with one attached hydrogen (secondary N) is 1. The van der Waals surface area contributed by atoms with Crippen LogP contribution in [0.15, 0.2) is 18.2 Å². The Hall–Kier alpha value is -1.62. The van der Waals surface area contributed by atoms with E-state index >= 15 is 0 Å². The van der Waals surface area contributed by atoms with Crippen LogP contribution in [0.4, 0.5) is 10.1 Å². The van der Waals surface area contributed by atoms with Crippen molar-refractivity contribution in [1.29, 1.82) is 0 Å². The van der Waals surface area contributed by atoms with Crippen LogP contribution in [-0.4, -0.2) is 26.0 Å². The Labute approximate surface area is 101 Å². The molecule has 17 heavy (non-hydrogen) atoms. The third-order valence-corrected chi connectivity index (χ3v) is 2.60. The second-order valence-corrected chi connectivity index (χ2v) is 3.66. The smallest absolute Gasteiger partial charge is 0.239 e. The van der Waals surface area contributed by atoms with E-state index in [1.807, 2.05) is 11.8 Å². The molecular weight excluding hydrogens is 221 g/mol. The number of likely N-dealkylation sites (N-methyl/N-ethyl adjacent to an activating group) is 2. The molecule has 1 aromatic carbocycles. The lowest BCUT2D eigenvalue weighted by molar-refractivity contribution is -0.119. The summed E-state index contributed by atoms with van der Waals surface area (Å²) in [6, 6.07) is 4.44. The largest absolute Gasteiger partial charge is 0.362 e. The van der Waals surface area contributed by atoms with Crippen LogP contribution in [0.5, 0.6) is 0 Å². The highest BCUT2D eigenvalue weighted by molar-refractivity contribution is 5.81. The molecule has 94 valence electrons. The number of hydrogen-bond acceptors (Lipinski definition) is 3. The van der Waals surface area contributed by atoms with Crippen LogP contribution in [0, 0.1) is 5.82 Å². The zero-order valence-corrected chi connectivity index (χ0v) is 10.2. The van der Waals surface area contributed by atoms with Gasteiger partial charge in [-0.2, -0.15) is 0 Å². The van der Waals surface area contributed by atoms with Gasteiger partial charge in [0, 0.05) is 25.8 Å². The van der Waals surface area contributed by atoms with Crippen molar-refractivity contribution in [1.82, 2.24) is 5.32 Å². The Kier molecular flexibility index (Phi) is 4.90. The van der Waals surface area contributed by atoms with Crippen molar-refractivity contribution in [3.8, 4) is 0 Å². The van der Waals surface area contributed by atoms with Gasteiger partial charge in [-0.25, -0.2) is 4.39 Å². The minimum absolute atomic E-state index is 0.0841. The maximum Gasteiger partial charge on any atom is 0.239 e. The van der Waals surface area contributed by atoms with Gasteiger partial charge in [-0.1, -0.05) is 0 Å². The SMILES string of the molecule is CCN(CC(=O)NC)c1ccc(F)cc1CN. The summed E-state index contributed by atoms with van der Waals surface area (Å²) in [5, 5.41) is 2.56. The van der Waals surface area contributed by atoms with E-state index in [9.17, 15) is 9.18 Å². The quantitative estimate of drug-likeness (QED) is 0.801. The molecule has 4 nitrogen and oxygen atoms in total. The molecule has 1 rings (SSSR count). The van der Waals surface area contributed by atoms with E-state index < -0.39 is 0 Å². The van der Waals surface area contributed by atoms with Gasteiger partial charge in [0.2, 0.25) is 5.91 Å². The maximum absolute atomic E-state index is 13.1. The Bertz CT molecular complexity index is 395. The van der Waals surface area contributed by atoms with Gasteiger partial charge in [-0.15, -0.1) is 0 Å². The molecule has 0 saturated heterocycles. The fraction of sp³-hybridized carbons (Fsp3) is 0.417. The second kappa shape index (κ2) is 6.20. The number of nitrogens with two attached hydrogens (primary N) is 1. The number of nitrogens with zero attached hydrogens (tertiary/aromatic N) is 1. The molecule has 0 heterocycles. The summed E-state index contributed by atoms with van der Waals surface area (Å²) in [6.07, 6.45) is 0. The molecular formula is C12H18FN3O. The molecule has 0 fully saturated rings.